The minimum absolute atomic E-state index is 0. The van der Waals surface area contributed by atoms with Crippen LogP contribution in [0.4, 0.5) is 10.1 Å². The molecule has 1 aliphatic heterocycles. The van der Waals surface area contributed by atoms with Gasteiger partial charge in [0.2, 0.25) is 0 Å². The van der Waals surface area contributed by atoms with Gasteiger partial charge < -0.3 is 4.90 Å². The average Bonchev–Trinajstić information content (AvgIpc) is 2.62. The Kier molecular flexibility index (Phi) is 7.65. The number of amidine groups is 1. The number of thioether (sulfide) groups is 1. The number of anilines is 1. The number of benzene rings is 2. The Hall–Kier alpha value is -1.18. The minimum Gasteiger partial charge on any atom is -0.313 e. The van der Waals surface area contributed by atoms with E-state index in [-0.39, 0.29) is 35.1 Å². The van der Waals surface area contributed by atoms with Gasteiger partial charge in [0.25, 0.3) is 0 Å². The molecule has 0 spiro atoms. The van der Waals surface area contributed by atoms with Gasteiger partial charge in [-0.3, -0.25) is 9.79 Å². The molecule has 1 heterocycles. The first kappa shape index (κ1) is 20.1. The van der Waals surface area contributed by atoms with Gasteiger partial charge in [0.1, 0.15) is 5.82 Å². The van der Waals surface area contributed by atoms with Gasteiger partial charge in [-0.2, -0.15) is 0 Å². The molecule has 0 fully saturated rings. The number of ketones is 1. The van der Waals surface area contributed by atoms with Crippen molar-refractivity contribution >= 4 is 61.3 Å². The smallest absolute Gasteiger partial charge is 0.182 e. The summed E-state index contributed by atoms with van der Waals surface area (Å²) in [7, 11) is 0. The van der Waals surface area contributed by atoms with Gasteiger partial charge in [-0.1, -0.05) is 27.7 Å². The number of rotatable bonds is 4. The first-order valence-corrected chi connectivity index (χ1v) is 9.40. The maximum atomic E-state index is 13.1. The van der Waals surface area contributed by atoms with Crippen LogP contribution in [-0.2, 0) is 0 Å². The Balaban J connectivity index is 0.00000225. The van der Waals surface area contributed by atoms with Crippen molar-refractivity contribution in [2.45, 2.75) is 6.42 Å². The van der Waals surface area contributed by atoms with Crippen LogP contribution in [0.15, 0.2) is 58.0 Å². The van der Waals surface area contributed by atoms with E-state index in [0.717, 1.165) is 34.0 Å². The van der Waals surface area contributed by atoms with Crippen molar-refractivity contribution in [2.75, 3.05) is 23.7 Å². The monoisotopic (exact) mass is 486 g/mol. The lowest BCUT2D eigenvalue weighted by Crippen LogP contribution is -2.35. The molecule has 0 saturated heterocycles. The Labute approximate surface area is 169 Å². The second kappa shape index (κ2) is 9.50. The average molecular weight is 488 g/mol. The van der Waals surface area contributed by atoms with Crippen LogP contribution < -0.4 is 4.90 Å². The molecule has 0 bridgehead atoms. The van der Waals surface area contributed by atoms with Gasteiger partial charge >= 0.3 is 0 Å². The molecule has 3 rings (SSSR count). The van der Waals surface area contributed by atoms with Crippen molar-refractivity contribution in [3.63, 3.8) is 0 Å². The van der Waals surface area contributed by atoms with Crippen LogP contribution in [0.25, 0.3) is 0 Å². The standard InChI is InChI=1S/C18H16BrFN2OS.BrH/c19-14-4-8-16(9-5-14)22(18-21-10-1-11-24-18)12-17(23)13-2-6-15(20)7-3-13;/h2-9H,1,10-12H2;1H. The highest BCUT2D eigenvalue weighted by Gasteiger charge is 2.20. The van der Waals surface area contributed by atoms with E-state index in [0.29, 0.717) is 5.56 Å². The molecule has 0 amide bonds. The van der Waals surface area contributed by atoms with Crippen molar-refractivity contribution in [1.29, 1.82) is 0 Å². The molecule has 0 atom stereocenters. The van der Waals surface area contributed by atoms with E-state index < -0.39 is 0 Å². The second-order valence-electron chi connectivity index (χ2n) is 5.36. The fourth-order valence-electron chi connectivity index (χ4n) is 2.37. The zero-order valence-corrected chi connectivity index (χ0v) is 17.4. The van der Waals surface area contributed by atoms with Crippen LogP contribution in [0.3, 0.4) is 0 Å². The predicted molar refractivity (Wildman–Crippen MR) is 112 cm³/mol. The number of hydrogen-bond donors (Lipinski definition) is 0. The van der Waals surface area contributed by atoms with Crippen molar-refractivity contribution in [3.8, 4) is 0 Å². The van der Waals surface area contributed by atoms with E-state index in [2.05, 4.69) is 20.9 Å². The van der Waals surface area contributed by atoms with E-state index in [4.69, 9.17) is 0 Å². The number of hydrogen-bond acceptors (Lipinski definition) is 4. The highest BCUT2D eigenvalue weighted by molar-refractivity contribution is 9.10. The third-order valence-electron chi connectivity index (χ3n) is 3.62. The van der Waals surface area contributed by atoms with Gasteiger partial charge in [0.05, 0.1) is 6.54 Å². The third kappa shape index (κ3) is 5.39. The summed E-state index contributed by atoms with van der Waals surface area (Å²) in [6.07, 6.45) is 1.05. The van der Waals surface area contributed by atoms with E-state index >= 15 is 0 Å². The van der Waals surface area contributed by atoms with E-state index in [1.807, 2.05) is 29.2 Å². The highest BCUT2D eigenvalue weighted by atomic mass is 79.9. The zero-order valence-electron chi connectivity index (χ0n) is 13.3. The molecule has 2 aromatic carbocycles. The molecule has 25 heavy (non-hydrogen) atoms. The minimum atomic E-state index is -0.344. The SMILES string of the molecule is Br.O=C(CN(C1=NCCCS1)c1ccc(Br)cc1)c1ccc(F)cc1. The molecule has 0 saturated carbocycles. The number of carbonyl (C=O) groups is 1. The topological polar surface area (TPSA) is 32.7 Å². The van der Waals surface area contributed by atoms with Crippen LogP contribution >= 0.6 is 44.7 Å². The summed E-state index contributed by atoms with van der Waals surface area (Å²) in [5.74, 6) is 0.590. The molecule has 132 valence electrons. The largest absolute Gasteiger partial charge is 0.313 e. The summed E-state index contributed by atoms with van der Waals surface area (Å²) in [4.78, 5) is 19.1. The molecule has 0 unspecified atom stereocenters. The third-order valence-corrected chi connectivity index (χ3v) is 5.25. The highest BCUT2D eigenvalue weighted by Crippen LogP contribution is 2.25. The normalized spacial score (nSPS) is 13.6. The fraction of sp³-hybridized carbons (Fsp3) is 0.222. The van der Waals surface area contributed by atoms with Gasteiger partial charge in [-0.15, -0.1) is 17.0 Å². The molecule has 0 radical (unpaired) electrons. The summed E-state index contributed by atoms with van der Waals surface area (Å²) in [5, 5.41) is 0.860. The molecule has 3 nitrogen and oxygen atoms in total. The number of carbonyl (C=O) groups excluding carboxylic acids is 1. The van der Waals surface area contributed by atoms with Gasteiger partial charge in [0, 0.05) is 28.0 Å². The Morgan fingerprint density at radius 3 is 2.44 bits per heavy atom. The lowest BCUT2D eigenvalue weighted by Gasteiger charge is -2.27. The number of Topliss-reactive ketones (excluding diaryl/α,β-unsaturated/α-hetero) is 1. The lowest BCUT2D eigenvalue weighted by atomic mass is 10.1. The van der Waals surface area contributed by atoms with Crippen LogP contribution in [0, 0.1) is 5.82 Å². The fourth-order valence-corrected chi connectivity index (χ4v) is 3.60. The van der Waals surface area contributed by atoms with Crippen molar-refractivity contribution in [3.05, 3.63) is 64.4 Å². The molecular formula is C18H17Br2FN2OS. The van der Waals surface area contributed by atoms with Gasteiger partial charge in [0.15, 0.2) is 11.0 Å². The zero-order chi connectivity index (χ0) is 16.9. The van der Waals surface area contributed by atoms with E-state index in [1.54, 1.807) is 11.8 Å². The van der Waals surface area contributed by atoms with Crippen LogP contribution in [-0.4, -0.2) is 29.8 Å². The van der Waals surface area contributed by atoms with Crippen molar-refractivity contribution in [1.82, 2.24) is 0 Å². The summed E-state index contributed by atoms with van der Waals surface area (Å²) < 4.78 is 14.0. The Morgan fingerprint density at radius 2 is 1.84 bits per heavy atom. The molecule has 0 aliphatic carbocycles. The Bertz CT molecular complexity index is 751. The van der Waals surface area contributed by atoms with Gasteiger partial charge in [-0.05, 0) is 55.0 Å². The summed E-state index contributed by atoms with van der Waals surface area (Å²) in [6, 6.07) is 13.5. The quantitative estimate of drug-likeness (QED) is 0.545. The first-order chi connectivity index (χ1) is 11.6. The van der Waals surface area contributed by atoms with Crippen molar-refractivity contribution in [2.24, 2.45) is 4.99 Å². The number of halogens is 3. The van der Waals surface area contributed by atoms with Crippen LogP contribution in [0.5, 0.6) is 0 Å². The summed E-state index contributed by atoms with van der Waals surface area (Å²) in [6.45, 7) is 0.958. The molecule has 7 heteroatoms. The van der Waals surface area contributed by atoms with E-state index in [1.165, 1.54) is 24.3 Å². The summed E-state index contributed by atoms with van der Waals surface area (Å²) >= 11 is 5.09. The second-order valence-corrected chi connectivity index (χ2v) is 7.34. The molecular weight excluding hydrogens is 471 g/mol. The number of aliphatic imine (C=N–C) groups is 1. The molecule has 1 aliphatic rings. The predicted octanol–water partition coefficient (Wildman–Crippen LogP) is 5.35. The van der Waals surface area contributed by atoms with Crippen molar-refractivity contribution < 1.29 is 9.18 Å². The lowest BCUT2D eigenvalue weighted by molar-refractivity contribution is 0.100. The number of nitrogens with zero attached hydrogens (tertiary/aromatic N) is 2. The van der Waals surface area contributed by atoms with Gasteiger partial charge in [-0.25, -0.2) is 4.39 Å². The van der Waals surface area contributed by atoms with E-state index in [9.17, 15) is 9.18 Å². The van der Waals surface area contributed by atoms with Crippen LogP contribution in [0.1, 0.15) is 16.8 Å². The maximum absolute atomic E-state index is 13.1. The Morgan fingerprint density at radius 1 is 1.16 bits per heavy atom. The first-order valence-electron chi connectivity index (χ1n) is 7.62. The molecule has 0 N–H and O–H groups in total. The molecule has 2 aromatic rings. The van der Waals surface area contributed by atoms with Crippen LogP contribution in [0.2, 0.25) is 0 Å². The summed E-state index contributed by atoms with van der Waals surface area (Å²) in [5.41, 5.74) is 1.42. The molecule has 0 aromatic heterocycles. The maximum Gasteiger partial charge on any atom is 0.182 e.